The Morgan fingerprint density at radius 3 is 2.55 bits per heavy atom. The van der Waals surface area contributed by atoms with E-state index in [4.69, 9.17) is 0 Å². The molecule has 0 saturated heterocycles. The van der Waals surface area contributed by atoms with Crippen molar-refractivity contribution in [1.82, 2.24) is 0 Å². The first-order valence-electron chi connectivity index (χ1n) is 7.31. The molecule has 100 valence electrons. The highest BCUT2D eigenvalue weighted by Gasteiger charge is 2.33. The van der Waals surface area contributed by atoms with E-state index in [2.05, 4.69) is 61.1 Å². The molecule has 1 aromatic rings. The Kier molecular flexibility index (Phi) is 4.84. The summed E-state index contributed by atoms with van der Waals surface area (Å²) in [7, 11) is 0. The van der Waals surface area contributed by atoms with Crippen LogP contribution in [0.5, 0.6) is 0 Å². The van der Waals surface area contributed by atoms with Crippen LogP contribution in [0, 0.1) is 0 Å². The minimum absolute atomic E-state index is 0.436. The van der Waals surface area contributed by atoms with Gasteiger partial charge >= 0.3 is 0 Å². The molecule has 0 saturated carbocycles. The number of benzene rings is 1. The van der Waals surface area contributed by atoms with E-state index in [0.29, 0.717) is 13.2 Å². The van der Waals surface area contributed by atoms with E-state index in [1.165, 1.54) is 16.5 Å². The van der Waals surface area contributed by atoms with Gasteiger partial charge in [0.15, 0.2) is 6.60 Å². The average molecular weight is 261 g/mol. The fourth-order valence-electron chi connectivity index (χ4n) is 2.83. The Hall–Kier alpha value is -1.76. The summed E-state index contributed by atoms with van der Waals surface area (Å²) in [6.07, 6.45) is 10.3. The topological polar surface area (TPSA) is 12.4 Å². The molecule has 1 aliphatic rings. The van der Waals surface area contributed by atoms with Crippen molar-refractivity contribution in [3.8, 4) is 0 Å². The number of allylic oxidation sites excluding steroid dienone is 4. The Labute approximate surface area is 123 Å². The zero-order valence-corrected chi connectivity index (χ0v) is 12.8. The van der Waals surface area contributed by atoms with Crippen LogP contribution in [0.4, 0.5) is 0 Å². The number of hydrogen-bond donors (Lipinski definition) is 0. The van der Waals surface area contributed by atoms with E-state index in [9.17, 15) is 0 Å². The molecule has 0 bridgehead atoms. The molecule has 0 unspecified atom stereocenters. The van der Waals surface area contributed by atoms with Gasteiger partial charge in [-0.05, 0) is 25.5 Å². The number of fused-ring (bicyclic) bond motifs is 1. The van der Waals surface area contributed by atoms with Gasteiger partial charge in [-0.15, -0.1) is 0 Å². The van der Waals surface area contributed by atoms with Gasteiger partial charge in [0, 0.05) is 6.20 Å². The molecule has 1 aromatic carbocycles. The van der Waals surface area contributed by atoms with Gasteiger partial charge in [0.05, 0.1) is 5.71 Å². The van der Waals surface area contributed by atoms with Crippen LogP contribution in [0.2, 0.25) is 13.6 Å². The van der Waals surface area contributed by atoms with Crippen molar-refractivity contribution in [2.24, 2.45) is 4.99 Å². The smallest absolute Gasteiger partial charge is 0.182 e. The Morgan fingerprint density at radius 1 is 1.15 bits per heavy atom. The number of aliphatic imine (C=N–C) groups is 1. The van der Waals surface area contributed by atoms with Crippen LogP contribution >= 0.6 is 0 Å². The second kappa shape index (κ2) is 6.60. The maximum absolute atomic E-state index is 4.61. The van der Waals surface area contributed by atoms with E-state index in [1.807, 2.05) is 26.1 Å². The summed E-state index contributed by atoms with van der Waals surface area (Å²) in [6, 6.07) is 8.67. The predicted molar refractivity (Wildman–Crippen MR) is 94.4 cm³/mol. The van der Waals surface area contributed by atoms with Gasteiger partial charge in [-0.1, -0.05) is 67.1 Å². The maximum atomic E-state index is 4.61. The first kappa shape index (κ1) is 14.6. The van der Waals surface area contributed by atoms with Crippen LogP contribution in [-0.4, -0.2) is 18.9 Å². The molecule has 0 atom stereocenters. The van der Waals surface area contributed by atoms with Gasteiger partial charge in [-0.3, -0.25) is 4.99 Å². The molecule has 1 aliphatic heterocycles. The zero-order valence-electron chi connectivity index (χ0n) is 12.8. The van der Waals surface area contributed by atoms with Crippen LogP contribution < -0.4 is 5.46 Å². The molecule has 2 rings (SSSR count). The van der Waals surface area contributed by atoms with E-state index in [0.717, 1.165) is 5.71 Å². The fraction of sp³-hybridized carbons (Fsp3) is 0.235. The zero-order chi connectivity index (χ0) is 14.5. The third-order valence-electron chi connectivity index (χ3n) is 3.63. The highest BCUT2D eigenvalue weighted by Crippen LogP contribution is 2.21. The summed E-state index contributed by atoms with van der Waals surface area (Å²) in [4.78, 5) is 4.61. The van der Waals surface area contributed by atoms with Crippen molar-refractivity contribution in [1.29, 1.82) is 0 Å². The lowest BCUT2D eigenvalue weighted by Crippen LogP contribution is -2.44. The molecule has 0 aliphatic carbocycles. The van der Waals surface area contributed by atoms with Crippen molar-refractivity contribution >= 4 is 30.5 Å². The highest BCUT2D eigenvalue weighted by molar-refractivity contribution is 7.32. The Balaban J connectivity index is 2.50. The molecule has 0 N–H and O–H groups in total. The van der Waals surface area contributed by atoms with E-state index >= 15 is 0 Å². The van der Waals surface area contributed by atoms with Crippen LogP contribution in [0.25, 0.3) is 6.08 Å². The van der Waals surface area contributed by atoms with Crippen molar-refractivity contribution in [3.05, 3.63) is 59.7 Å². The number of hydrogen-bond acceptors (Lipinski definition) is 1. The Bertz CT molecular complexity index is 595. The molecule has 0 aromatic heterocycles. The highest BCUT2D eigenvalue weighted by atomic mass is 14.7. The monoisotopic (exact) mass is 261 g/mol. The van der Waals surface area contributed by atoms with Crippen molar-refractivity contribution < 1.29 is 0 Å². The molecular weight excluding hydrogens is 240 g/mol. The molecular formula is C17H21B2N. The van der Waals surface area contributed by atoms with Gasteiger partial charge in [-0.2, -0.15) is 0 Å². The molecule has 0 fully saturated rings. The molecule has 0 amide bonds. The normalized spacial score (nSPS) is 15.1. The predicted octanol–water partition coefficient (Wildman–Crippen LogP) is 3.71. The summed E-state index contributed by atoms with van der Waals surface area (Å²) in [5, 5.41) is 0. The lowest BCUT2D eigenvalue weighted by atomic mass is 9.07. The molecule has 1 nitrogen and oxygen atoms in total. The molecule has 1 heterocycles. The fourth-order valence-corrected chi connectivity index (χ4v) is 2.83. The minimum atomic E-state index is 0.436. The third-order valence-corrected chi connectivity index (χ3v) is 3.63. The molecule has 0 spiro atoms. The summed E-state index contributed by atoms with van der Waals surface area (Å²) in [5.74, 6) is 0. The average Bonchev–Trinajstić information content (AvgIpc) is 2.82. The first-order chi connectivity index (χ1) is 9.69. The summed E-state index contributed by atoms with van der Waals surface area (Å²) >= 11 is 0. The molecule has 0 radical (unpaired) electrons. The lowest BCUT2D eigenvalue weighted by Gasteiger charge is -2.15. The maximum Gasteiger partial charge on any atom is 0.182 e. The van der Waals surface area contributed by atoms with E-state index < -0.39 is 0 Å². The quantitative estimate of drug-likeness (QED) is 0.578. The summed E-state index contributed by atoms with van der Waals surface area (Å²) in [6.45, 7) is 9.59. The van der Waals surface area contributed by atoms with Crippen LogP contribution in [0.3, 0.4) is 0 Å². The molecule has 3 heteroatoms. The van der Waals surface area contributed by atoms with E-state index in [1.54, 1.807) is 0 Å². The van der Waals surface area contributed by atoms with Crippen molar-refractivity contribution in [2.45, 2.75) is 27.5 Å². The van der Waals surface area contributed by atoms with Gasteiger partial charge in [0.2, 0.25) is 0 Å². The minimum Gasteiger partial charge on any atom is -0.258 e. The number of rotatable bonds is 4. The largest absolute Gasteiger partial charge is 0.258 e. The second-order valence-electron chi connectivity index (χ2n) is 5.45. The van der Waals surface area contributed by atoms with Crippen LogP contribution in [-0.2, 0) is 0 Å². The van der Waals surface area contributed by atoms with Gasteiger partial charge in [0.1, 0.15) is 6.60 Å². The van der Waals surface area contributed by atoms with Crippen molar-refractivity contribution in [2.75, 3.05) is 0 Å². The second-order valence-corrected chi connectivity index (χ2v) is 5.45. The number of nitrogens with zero attached hydrogens (tertiary/aromatic N) is 1. The van der Waals surface area contributed by atoms with Crippen LogP contribution in [0.15, 0.2) is 59.2 Å². The van der Waals surface area contributed by atoms with Gasteiger partial charge in [0.25, 0.3) is 0 Å². The summed E-state index contributed by atoms with van der Waals surface area (Å²) in [5.41, 5.74) is 5.16. The van der Waals surface area contributed by atoms with E-state index in [-0.39, 0.29) is 0 Å². The van der Waals surface area contributed by atoms with Crippen molar-refractivity contribution in [3.63, 3.8) is 0 Å². The summed E-state index contributed by atoms with van der Waals surface area (Å²) < 4.78 is 0. The van der Waals surface area contributed by atoms with Gasteiger partial charge in [-0.25, -0.2) is 0 Å². The lowest BCUT2D eigenvalue weighted by molar-refractivity contribution is 1.52. The van der Waals surface area contributed by atoms with Gasteiger partial charge < -0.3 is 0 Å². The van der Waals surface area contributed by atoms with Crippen LogP contribution in [0.1, 0.15) is 19.4 Å². The molecule has 20 heavy (non-hydrogen) atoms. The third kappa shape index (κ3) is 2.87. The standard InChI is InChI=1S/C17H21B2N/c1-5-9-17(20-12-6-2)16-13-14-10-7-8-11-15(14)19(16)18(3)4/h5-13H,1-4H3/b9-5-,12-6-,20-17+. The first-order valence-corrected chi connectivity index (χ1v) is 7.31. The SMILES string of the molecule is C\C=C/N=C(\C=C/C)C1=Cc2ccccc2B1B(C)C. The Morgan fingerprint density at radius 2 is 1.90 bits per heavy atom.